The third kappa shape index (κ3) is 3.91. The molecule has 2 aromatic rings. The van der Waals surface area contributed by atoms with Crippen LogP contribution in [0, 0.1) is 13.8 Å². The van der Waals surface area contributed by atoms with Crippen molar-refractivity contribution < 1.29 is 9.15 Å². The zero-order valence-electron chi connectivity index (χ0n) is 15.8. The standard InChI is InChI=1S/C20H28N4O2/c1-15-13-21-16(2)20(22-15)24-10-8-23(9-11-24)14-17-6-7-19(26-17)18-5-3-4-12-25-18/h6-7,13,18H,3-5,8-12,14H2,1-2H3/t18-/m1/s1. The van der Waals surface area contributed by atoms with Crippen LogP contribution in [0.25, 0.3) is 0 Å². The van der Waals surface area contributed by atoms with E-state index in [0.29, 0.717) is 0 Å². The van der Waals surface area contributed by atoms with E-state index in [0.717, 1.165) is 74.5 Å². The number of rotatable bonds is 4. The van der Waals surface area contributed by atoms with Gasteiger partial charge in [-0.05, 0) is 45.2 Å². The fourth-order valence-corrected chi connectivity index (χ4v) is 3.78. The normalized spacial score (nSPS) is 21.9. The van der Waals surface area contributed by atoms with Crippen molar-refractivity contribution in [2.24, 2.45) is 0 Å². The van der Waals surface area contributed by atoms with Crippen LogP contribution in [0.2, 0.25) is 0 Å². The molecule has 0 spiro atoms. The fraction of sp³-hybridized carbons (Fsp3) is 0.600. The van der Waals surface area contributed by atoms with Crippen LogP contribution in [-0.2, 0) is 11.3 Å². The highest BCUT2D eigenvalue weighted by atomic mass is 16.5. The van der Waals surface area contributed by atoms with Gasteiger partial charge in [0.15, 0.2) is 0 Å². The van der Waals surface area contributed by atoms with Crippen molar-refractivity contribution in [1.29, 1.82) is 0 Å². The van der Waals surface area contributed by atoms with Crippen LogP contribution < -0.4 is 4.90 Å². The zero-order valence-corrected chi connectivity index (χ0v) is 15.8. The second-order valence-corrected chi connectivity index (χ2v) is 7.34. The Morgan fingerprint density at radius 1 is 1.12 bits per heavy atom. The molecule has 0 bridgehead atoms. The summed E-state index contributed by atoms with van der Waals surface area (Å²) in [5.74, 6) is 3.05. The van der Waals surface area contributed by atoms with Gasteiger partial charge in [0.2, 0.25) is 0 Å². The Hall–Kier alpha value is -1.92. The van der Waals surface area contributed by atoms with Crippen molar-refractivity contribution in [3.05, 3.63) is 41.2 Å². The lowest BCUT2D eigenvalue weighted by Crippen LogP contribution is -2.46. The predicted molar refractivity (Wildman–Crippen MR) is 100 cm³/mol. The minimum absolute atomic E-state index is 0.150. The third-order valence-electron chi connectivity index (χ3n) is 5.28. The first-order valence-electron chi connectivity index (χ1n) is 9.67. The van der Waals surface area contributed by atoms with Gasteiger partial charge in [0.25, 0.3) is 0 Å². The van der Waals surface area contributed by atoms with E-state index < -0.39 is 0 Å². The van der Waals surface area contributed by atoms with Gasteiger partial charge in [-0.1, -0.05) is 0 Å². The van der Waals surface area contributed by atoms with Gasteiger partial charge in [-0.25, -0.2) is 4.98 Å². The minimum Gasteiger partial charge on any atom is -0.462 e. The van der Waals surface area contributed by atoms with E-state index in [1.165, 1.54) is 12.8 Å². The molecule has 0 unspecified atom stereocenters. The molecule has 2 fully saturated rings. The maximum Gasteiger partial charge on any atom is 0.150 e. The first-order valence-corrected chi connectivity index (χ1v) is 9.67. The van der Waals surface area contributed by atoms with E-state index >= 15 is 0 Å². The molecule has 2 aliphatic rings. The molecule has 4 heterocycles. The monoisotopic (exact) mass is 356 g/mol. The minimum atomic E-state index is 0.150. The lowest BCUT2D eigenvalue weighted by molar-refractivity contribution is 0.000833. The largest absolute Gasteiger partial charge is 0.462 e. The highest BCUT2D eigenvalue weighted by molar-refractivity contribution is 5.43. The van der Waals surface area contributed by atoms with Crippen molar-refractivity contribution in [3.63, 3.8) is 0 Å². The summed E-state index contributed by atoms with van der Waals surface area (Å²) in [5, 5.41) is 0. The molecule has 0 radical (unpaired) electrons. The van der Waals surface area contributed by atoms with Gasteiger partial charge >= 0.3 is 0 Å². The van der Waals surface area contributed by atoms with Crippen LogP contribution in [-0.4, -0.2) is 47.7 Å². The Morgan fingerprint density at radius 2 is 1.96 bits per heavy atom. The van der Waals surface area contributed by atoms with Gasteiger partial charge in [-0.2, -0.15) is 0 Å². The average Bonchev–Trinajstić information content (AvgIpc) is 3.14. The van der Waals surface area contributed by atoms with Crippen molar-refractivity contribution in [2.45, 2.75) is 45.8 Å². The van der Waals surface area contributed by atoms with Crippen LogP contribution in [0.5, 0.6) is 0 Å². The average molecular weight is 356 g/mol. The second kappa shape index (κ2) is 7.76. The van der Waals surface area contributed by atoms with Crippen LogP contribution in [0.15, 0.2) is 22.7 Å². The molecule has 6 nitrogen and oxygen atoms in total. The number of hydrogen-bond donors (Lipinski definition) is 0. The molecule has 2 aromatic heterocycles. The number of hydrogen-bond acceptors (Lipinski definition) is 6. The van der Waals surface area contributed by atoms with Gasteiger partial charge < -0.3 is 14.1 Å². The predicted octanol–water partition coefficient (Wildman–Crippen LogP) is 3.25. The molecule has 4 rings (SSSR count). The summed E-state index contributed by atoms with van der Waals surface area (Å²) in [6.07, 6.45) is 5.45. The highest BCUT2D eigenvalue weighted by Crippen LogP contribution is 2.29. The molecule has 0 aromatic carbocycles. The summed E-state index contributed by atoms with van der Waals surface area (Å²) in [6, 6.07) is 4.20. The van der Waals surface area contributed by atoms with Crippen molar-refractivity contribution >= 4 is 5.82 Å². The molecule has 0 amide bonds. The molecule has 0 saturated carbocycles. The molecular formula is C20H28N4O2. The second-order valence-electron chi connectivity index (χ2n) is 7.34. The Kier molecular flexibility index (Phi) is 5.22. The molecule has 2 aliphatic heterocycles. The molecule has 140 valence electrons. The summed E-state index contributed by atoms with van der Waals surface area (Å²) < 4.78 is 11.9. The van der Waals surface area contributed by atoms with Crippen molar-refractivity contribution in [2.75, 3.05) is 37.7 Å². The maximum atomic E-state index is 6.07. The summed E-state index contributed by atoms with van der Waals surface area (Å²) in [5.41, 5.74) is 1.98. The first-order chi connectivity index (χ1) is 12.7. The van der Waals surface area contributed by atoms with Crippen LogP contribution >= 0.6 is 0 Å². The zero-order chi connectivity index (χ0) is 17.9. The van der Waals surface area contributed by atoms with Crippen LogP contribution in [0.3, 0.4) is 0 Å². The van der Waals surface area contributed by atoms with Gasteiger partial charge in [-0.3, -0.25) is 9.88 Å². The fourth-order valence-electron chi connectivity index (χ4n) is 3.78. The summed E-state index contributed by atoms with van der Waals surface area (Å²) in [4.78, 5) is 13.9. The van der Waals surface area contributed by atoms with Crippen molar-refractivity contribution in [1.82, 2.24) is 14.9 Å². The Labute approximate surface area is 155 Å². The molecule has 6 heteroatoms. The molecule has 2 saturated heterocycles. The SMILES string of the molecule is Cc1cnc(C)c(N2CCN(Cc3ccc([C@H]4CCCCO4)o3)CC2)n1. The van der Waals surface area contributed by atoms with E-state index in [1.807, 2.05) is 20.0 Å². The van der Waals surface area contributed by atoms with Gasteiger partial charge in [0, 0.05) is 39.0 Å². The topological polar surface area (TPSA) is 54.6 Å². The third-order valence-corrected chi connectivity index (χ3v) is 5.28. The molecule has 26 heavy (non-hydrogen) atoms. The number of anilines is 1. The molecule has 1 atom stereocenters. The van der Waals surface area contributed by atoms with Crippen molar-refractivity contribution in [3.8, 4) is 0 Å². The number of aryl methyl sites for hydroxylation is 2. The van der Waals surface area contributed by atoms with Gasteiger partial charge in [0.05, 0.1) is 17.9 Å². The molecule has 0 N–H and O–H groups in total. The van der Waals surface area contributed by atoms with E-state index in [9.17, 15) is 0 Å². The first kappa shape index (κ1) is 17.5. The Bertz CT molecular complexity index is 731. The van der Waals surface area contributed by atoms with E-state index in [2.05, 4.69) is 31.9 Å². The lowest BCUT2D eigenvalue weighted by atomic mass is 10.1. The lowest BCUT2D eigenvalue weighted by Gasteiger charge is -2.35. The van der Waals surface area contributed by atoms with Gasteiger partial charge in [-0.15, -0.1) is 0 Å². The van der Waals surface area contributed by atoms with Gasteiger partial charge in [0.1, 0.15) is 23.4 Å². The number of nitrogens with zero attached hydrogens (tertiary/aromatic N) is 4. The van der Waals surface area contributed by atoms with Crippen LogP contribution in [0.1, 0.15) is 48.3 Å². The number of furan rings is 1. The maximum absolute atomic E-state index is 6.07. The van der Waals surface area contributed by atoms with Crippen LogP contribution in [0.4, 0.5) is 5.82 Å². The summed E-state index contributed by atoms with van der Waals surface area (Å²) in [7, 11) is 0. The molecular weight excluding hydrogens is 328 g/mol. The number of ether oxygens (including phenoxy) is 1. The highest BCUT2D eigenvalue weighted by Gasteiger charge is 2.23. The molecule has 0 aliphatic carbocycles. The summed E-state index contributed by atoms with van der Waals surface area (Å²) >= 11 is 0. The van der Waals surface area contributed by atoms with E-state index in [-0.39, 0.29) is 6.10 Å². The number of piperazine rings is 1. The number of aromatic nitrogens is 2. The van der Waals surface area contributed by atoms with E-state index in [1.54, 1.807) is 0 Å². The Morgan fingerprint density at radius 3 is 2.73 bits per heavy atom. The van der Waals surface area contributed by atoms with E-state index in [4.69, 9.17) is 9.15 Å². The summed E-state index contributed by atoms with van der Waals surface area (Å²) in [6.45, 7) is 9.69. The smallest absolute Gasteiger partial charge is 0.150 e. The quantitative estimate of drug-likeness (QED) is 0.838. The Balaban J connectivity index is 1.32.